The summed E-state index contributed by atoms with van der Waals surface area (Å²) in [6, 6.07) is 25.7. The number of rotatable bonds is 4. The van der Waals surface area contributed by atoms with E-state index in [1.807, 2.05) is 6.07 Å². The first-order chi connectivity index (χ1) is 14.7. The summed E-state index contributed by atoms with van der Waals surface area (Å²) in [5.41, 5.74) is 7.19. The molecule has 2 heterocycles. The number of piperazine rings is 1. The van der Waals surface area contributed by atoms with Crippen LogP contribution in [0.3, 0.4) is 0 Å². The molecule has 30 heavy (non-hydrogen) atoms. The summed E-state index contributed by atoms with van der Waals surface area (Å²) >= 11 is 0. The summed E-state index contributed by atoms with van der Waals surface area (Å²) in [5.74, 6) is 0. The molecule has 0 unspecified atom stereocenters. The summed E-state index contributed by atoms with van der Waals surface area (Å²) in [6.45, 7) is 5.71. The number of urea groups is 1. The molecule has 0 saturated carbocycles. The first-order valence-corrected chi connectivity index (χ1v) is 10.5. The average Bonchev–Trinajstić information content (AvgIpc) is 2.80. The van der Waals surface area contributed by atoms with Crippen molar-refractivity contribution >= 4 is 17.4 Å². The van der Waals surface area contributed by atoms with Crippen molar-refractivity contribution in [2.45, 2.75) is 13.1 Å². The van der Waals surface area contributed by atoms with Gasteiger partial charge in [-0.05, 0) is 40.5 Å². The number of fused-ring (bicyclic) bond motifs is 1. The minimum Gasteiger partial charge on any atom is -0.369 e. The van der Waals surface area contributed by atoms with Crippen molar-refractivity contribution in [1.29, 1.82) is 0 Å². The van der Waals surface area contributed by atoms with Gasteiger partial charge in [-0.2, -0.15) is 0 Å². The molecule has 0 aliphatic carbocycles. The van der Waals surface area contributed by atoms with E-state index < -0.39 is 0 Å². The van der Waals surface area contributed by atoms with E-state index in [1.54, 1.807) is 0 Å². The largest absolute Gasteiger partial charge is 0.369 e. The highest BCUT2D eigenvalue weighted by molar-refractivity contribution is 5.92. The standard InChI is InChI=1S/C25H26N4O/c30-25-26-17-22-16-23(10-11-24(22)27-25)29-14-12-28(13-15-29)18-19-6-8-21(9-7-19)20-4-2-1-3-5-20/h1-11,16H,12-15,17-18H2,(H2,26,27,30). The predicted molar refractivity (Wildman–Crippen MR) is 122 cm³/mol. The molecule has 0 radical (unpaired) electrons. The fourth-order valence-corrected chi connectivity index (χ4v) is 4.24. The molecule has 1 saturated heterocycles. The topological polar surface area (TPSA) is 47.6 Å². The number of hydrogen-bond donors (Lipinski definition) is 2. The molecule has 5 nitrogen and oxygen atoms in total. The van der Waals surface area contributed by atoms with Crippen molar-refractivity contribution in [3.05, 3.63) is 83.9 Å². The molecule has 1 fully saturated rings. The quantitative estimate of drug-likeness (QED) is 0.688. The second kappa shape index (κ2) is 8.20. The Labute approximate surface area is 177 Å². The summed E-state index contributed by atoms with van der Waals surface area (Å²) in [7, 11) is 0. The minimum atomic E-state index is -0.124. The van der Waals surface area contributed by atoms with Crippen molar-refractivity contribution in [2.75, 3.05) is 36.4 Å². The highest BCUT2D eigenvalue weighted by Crippen LogP contribution is 2.26. The third-order valence-corrected chi connectivity index (χ3v) is 5.98. The monoisotopic (exact) mass is 398 g/mol. The van der Waals surface area contributed by atoms with E-state index in [4.69, 9.17) is 0 Å². The molecular weight excluding hydrogens is 372 g/mol. The van der Waals surface area contributed by atoms with Crippen LogP contribution in [0.1, 0.15) is 11.1 Å². The number of amides is 2. The van der Waals surface area contributed by atoms with E-state index in [2.05, 4.69) is 87.2 Å². The fraction of sp³-hybridized carbons (Fsp3) is 0.240. The molecule has 0 aromatic heterocycles. The highest BCUT2D eigenvalue weighted by atomic mass is 16.2. The maximum absolute atomic E-state index is 11.5. The zero-order valence-electron chi connectivity index (χ0n) is 17.0. The van der Waals surface area contributed by atoms with Crippen LogP contribution in [0.2, 0.25) is 0 Å². The van der Waals surface area contributed by atoms with E-state index in [-0.39, 0.29) is 6.03 Å². The van der Waals surface area contributed by atoms with Crippen LogP contribution in [0.5, 0.6) is 0 Å². The van der Waals surface area contributed by atoms with Crippen LogP contribution in [0.4, 0.5) is 16.2 Å². The van der Waals surface area contributed by atoms with Crippen LogP contribution in [-0.4, -0.2) is 37.1 Å². The third kappa shape index (κ3) is 4.02. The lowest BCUT2D eigenvalue weighted by atomic mass is 10.0. The number of nitrogens with one attached hydrogen (secondary N) is 2. The molecule has 5 rings (SSSR count). The Hall–Kier alpha value is -3.31. The van der Waals surface area contributed by atoms with E-state index in [1.165, 1.54) is 22.4 Å². The van der Waals surface area contributed by atoms with Crippen molar-refractivity contribution in [1.82, 2.24) is 10.2 Å². The maximum atomic E-state index is 11.5. The van der Waals surface area contributed by atoms with Gasteiger partial charge in [0.15, 0.2) is 0 Å². The Morgan fingerprint density at radius 3 is 2.30 bits per heavy atom. The van der Waals surface area contributed by atoms with Crippen molar-refractivity contribution in [2.24, 2.45) is 0 Å². The number of benzene rings is 3. The van der Waals surface area contributed by atoms with E-state index in [9.17, 15) is 4.79 Å². The van der Waals surface area contributed by atoms with Gasteiger partial charge in [-0.25, -0.2) is 4.79 Å². The lowest BCUT2D eigenvalue weighted by Crippen LogP contribution is -2.46. The number of nitrogens with zero attached hydrogens (tertiary/aromatic N) is 2. The Morgan fingerprint density at radius 2 is 1.53 bits per heavy atom. The Bertz CT molecular complexity index is 1020. The molecule has 0 atom stereocenters. The van der Waals surface area contributed by atoms with Gasteiger partial charge >= 0.3 is 6.03 Å². The molecule has 0 spiro atoms. The van der Waals surface area contributed by atoms with Gasteiger partial charge in [0.25, 0.3) is 0 Å². The van der Waals surface area contributed by atoms with E-state index in [0.29, 0.717) is 6.54 Å². The Balaban J connectivity index is 1.18. The van der Waals surface area contributed by atoms with Crippen LogP contribution in [0, 0.1) is 0 Å². The summed E-state index contributed by atoms with van der Waals surface area (Å²) < 4.78 is 0. The van der Waals surface area contributed by atoms with Gasteiger partial charge in [0, 0.05) is 50.6 Å². The zero-order valence-corrected chi connectivity index (χ0v) is 17.0. The fourth-order valence-electron chi connectivity index (χ4n) is 4.24. The normalized spacial score (nSPS) is 16.5. The van der Waals surface area contributed by atoms with Gasteiger partial charge in [-0.1, -0.05) is 54.6 Å². The van der Waals surface area contributed by atoms with Crippen molar-refractivity contribution in [3.8, 4) is 11.1 Å². The highest BCUT2D eigenvalue weighted by Gasteiger charge is 2.20. The molecule has 3 aromatic carbocycles. The minimum absolute atomic E-state index is 0.124. The molecule has 3 aromatic rings. The van der Waals surface area contributed by atoms with Crippen molar-refractivity contribution in [3.63, 3.8) is 0 Å². The predicted octanol–water partition coefficient (Wildman–Crippen LogP) is 4.31. The molecule has 2 amide bonds. The molecule has 152 valence electrons. The molecule has 5 heteroatoms. The van der Waals surface area contributed by atoms with Crippen LogP contribution in [-0.2, 0) is 13.1 Å². The number of anilines is 2. The summed E-state index contributed by atoms with van der Waals surface area (Å²) in [6.07, 6.45) is 0. The Morgan fingerprint density at radius 1 is 0.800 bits per heavy atom. The van der Waals surface area contributed by atoms with Crippen molar-refractivity contribution < 1.29 is 4.79 Å². The van der Waals surface area contributed by atoms with Gasteiger partial charge in [-0.3, -0.25) is 4.90 Å². The van der Waals surface area contributed by atoms with E-state index in [0.717, 1.165) is 44.0 Å². The molecule has 2 aliphatic rings. The van der Waals surface area contributed by atoms with Crippen LogP contribution in [0.25, 0.3) is 11.1 Å². The molecule has 2 N–H and O–H groups in total. The van der Waals surface area contributed by atoms with Crippen LogP contribution < -0.4 is 15.5 Å². The van der Waals surface area contributed by atoms with Gasteiger partial charge in [0.05, 0.1) is 0 Å². The second-order valence-corrected chi connectivity index (χ2v) is 7.98. The lowest BCUT2D eigenvalue weighted by molar-refractivity contribution is 0.249. The van der Waals surface area contributed by atoms with Gasteiger partial charge < -0.3 is 15.5 Å². The number of carbonyl (C=O) groups excluding carboxylic acids is 1. The zero-order chi connectivity index (χ0) is 20.3. The molecule has 2 aliphatic heterocycles. The van der Waals surface area contributed by atoms with Crippen LogP contribution in [0.15, 0.2) is 72.8 Å². The smallest absolute Gasteiger partial charge is 0.319 e. The Kier molecular flexibility index (Phi) is 5.11. The lowest BCUT2D eigenvalue weighted by Gasteiger charge is -2.36. The maximum Gasteiger partial charge on any atom is 0.319 e. The van der Waals surface area contributed by atoms with E-state index >= 15 is 0 Å². The first kappa shape index (κ1) is 18.7. The first-order valence-electron chi connectivity index (χ1n) is 10.5. The number of carbonyl (C=O) groups is 1. The molecular formula is C25H26N4O. The average molecular weight is 399 g/mol. The SMILES string of the molecule is O=C1NCc2cc(N3CCN(Cc4ccc(-c5ccccc5)cc4)CC3)ccc2N1. The number of hydrogen-bond acceptors (Lipinski definition) is 3. The second-order valence-electron chi connectivity index (χ2n) is 7.98. The van der Waals surface area contributed by atoms with Crippen LogP contribution >= 0.6 is 0 Å². The summed E-state index contributed by atoms with van der Waals surface area (Å²) in [5, 5.41) is 5.70. The third-order valence-electron chi connectivity index (χ3n) is 5.98. The molecule has 0 bridgehead atoms. The van der Waals surface area contributed by atoms with Gasteiger partial charge in [0.1, 0.15) is 0 Å². The summed E-state index contributed by atoms with van der Waals surface area (Å²) in [4.78, 5) is 16.4. The van der Waals surface area contributed by atoms with Gasteiger partial charge in [-0.15, -0.1) is 0 Å². The van der Waals surface area contributed by atoms with Gasteiger partial charge in [0.2, 0.25) is 0 Å².